The lowest BCUT2D eigenvalue weighted by Crippen LogP contribution is -2.37. The first kappa shape index (κ1) is 10.4. The molecule has 0 aromatic heterocycles. The van der Waals surface area contributed by atoms with Gasteiger partial charge in [0.25, 0.3) is 0 Å². The number of likely N-dealkylation sites (N-methyl/N-ethyl adjacent to an activating group) is 1. The third-order valence-electron chi connectivity index (χ3n) is 0.993. The molecule has 6 nitrogen and oxygen atoms in total. The fourth-order valence-corrected chi connectivity index (χ4v) is 0.684. The molecule has 64 valence electrons. The van der Waals surface area contributed by atoms with Crippen LogP contribution in [0.4, 0.5) is 0 Å². The second kappa shape index (κ2) is 5.15. The van der Waals surface area contributed by atoms with Crippen molar-refractivity contribution >= 4 is 14.2 Å². The molecule has 0 aliphatic rings. The highest BCUT2D eigenvalue weighted by atomic mass is 31.1. The SMILES string of the molecule is CN[C@@H](CO[P+](=O)[O-])C(=O)O. The highest BCUT2D eigenvalue weighted by molar-refractivity contribution is 7.30. The van der Waals surface area contributed by atoms with Crippen molar-refractivity contribution in [2.24, 2.45) is 0 Å². The van der Waals surface area contributed by atoms with Crippen molar-refractivity contribution in [1.29, 1.82) is 0 Å². The topological polar surface area (TPSA) is 98.7 Å². The maximum Gasteiger partial charge on any atom is 0.488 e. The molecule has 0 aliphatic carbocycles. The van der Waals surface area contributed by atoms with E-state index in [0.29, 0.717) is 0 Å². The van der Waals surface area contributed by atoms with E-state index in [1.165, 1.54) is 7.05 Å². The monoisotopic (exact) mass is 181 g/mol. The molecule has 0 aromatic carbocycles. The van der Waals surface area contributed by atoms with Gasteiger partial charge in [0.1, 0.15) is 12.6 Å². The van der Waals surface area contributed by atoms with Gasteiger partial charge >= 0.3 is 14.2 Å². The molecular formula is C4H8NO5P. The summed E-state index contributed by atoms with van der Waals surface area (Å²) in [5, 5.41) is 10.7. The third kappa shape index (κ3) is 4.80. The Hall–Kier alpha value is -0.550. The van der Waals surface area contributed by atoms with E-state index in [4.69, 9.17) is 5.11 Å². The molecular weight excluding hydrogens is 173 g/mol. The molecule has 0 rings (SSSR count). The van der Waals surface area contributed by atoms with Gasteiger partial charge in [-0.25, -0.2) is 0 Å². The molecule has 0 spiro atoms. The van der Waals surface area contributed by atoms with Crippen LogP contribution >= 0.6 is 8.25 Å². The number of hydrogen-bond acceptors (Lipinski definition) is 5. The van der Waals surface area contributed by atoms with Gasteiger partial charge in [0.15, 0.2) is 0 Å². The van der Waals surface area contributed by atoms with E-state index >= 15 is 0 Å². The number of rotatable bonds is 5. The minimum atomic E-state index is -2.97. The Morgan fingerprint density at radius 1 is 1.91 bits per heavy atom. The summed E-state index contributed by atoms with van der Waals surface area (Å²) in [6, 6.07) is -0.983. The van der Waals surface area contributed by atoms with Crippen LogP contribution in [0.2, 0.25) is 0 Å². The van der Waals surface area contributed by atoms with Crippen LogP contribution in [0.3, 0.4) is 0 Å². The van der Waals surface area contributed by atoms with Crippen LogP contribution in [0, 0.1) is 0 Å². The smallest absolute Gasteiger partial charge is 0.488 e. The van der Waals surface area contributed by atoms with Gasteiger partial charge in [-0.2, -0.15) is 0 Å². The first-order chi connectivity index (χ1) is 5.07. The second-order valence-electron chi connectivity index (χ2n) is 1.70. The van der Waals surface area contributed by atoms with Crippen LogP contribution in [-0.4, -0.2) is 30.8 Å². The number of carboxylic acids is 1. The van der Waals surface area contributed by atoms with Crippen molar-refractivity contribution in [2.75, 3.05) is 13.7 Å². The highest BCUT2D eigenvalue weighted by Crippen LogP contribution is 2.08. The molecule has 1 unspecified atom stereocenters. The maximum atomic E-state index is 10.2. The van der Waals surface area contributed by atoms with Crippen LogP contribution in [0.5, 0.6) is 0 Å². The molecule has 0 saturated heterocycles. The molecule has 0 saturated carbocycles. The van der Waals surface area contributed by atoms with E-state index in [-0.39, 0.29) is 6.61 Å². The summed E-state index contributed by atoms with van der Waals surface area (Å²) >= 11 is 0. The standard InChI is InChI=1S/C4H8NO5P/c1-5-3(4(6)7)2-10-11(8)9/h3,5H,2H2,1H3,(H,6,7)/t3-/m0/s1. The van der Waals surface area contributed by atoms with Gasteiger partial charge < -0.3 is 15.3 Å². The molecule has 0 bridgehead atoms. The van der Waals surface area contributed by atoms with Crippen molar-refractivity contribution in [3.05, 3.63) is 0 Å². The summed E-state index contributed by atoms with van der Waals surface area (Å²) < 4.78 is 13.9. The van der Waals surface area contributed by atoms with Crippen molar-refractivity contribution in [3.8, 4) is 0 Å². The third-order valence-corrected chi connectivity index (χ3v) is 1.35. The quantitative estimate of drug-likeness (QED) is 0.511. The number of aliphatic carboxylic acids is 1. The van der Waals surface area contributed by atoms with E-state index in [2.05, 4.69) is 9.84 Å². The Labute approximate surface area is 64.1 Å². The molecule has 2 N–H and O–H groups in total. The van der Waals surface area contributed by atoms with Gasteiger partial charge in [0.2, 0.25) is 0 Å². The molecule has 0 aliphatic heterocycles. The lowest BCUT2D eigenvalue weighted by molar-refractivity contribution is -0.186. The summed E-state index contributed by atoms with van der Waals surface area (Å²) in [7, 11) is -1.56. The van der Waals surface area contributed by atoms with Gasteiger partial charge in [-0.1, -0.05) is 0 Å². The zero-order valence-corrected chi connectivity index (χ0v) is 6.71. The van der Waals surface area contributed by atoms with Gasteiger partial charge in [-0.3, -0.25) is 4.79 Å². The zero-order valence-electron chi connectivity index (χ0n) is 5.81. The highest BCUT2D eigenvalue weighted by Gasteiger charge is 2.18. The molecule has 7 heteroatoms. The van der Waals surface area contributed by atoms with Gasteiger partial charge in [0, 0.05) is 0 Å². The van der Waals surface area contributed by atoms with Crippen molar-refractivity contribution in [2.45, 2.75) is 6.04 Å². The molecule has 0 amide bonds. The average molecular weight is 181 g/mol. The Kier molecular flexibility index (Phi) is 4.89. The zero-order chi connectivity index (χ0) is 8.85. The summed E-state index contributed by atoms with van der Waals surface area (Å²) in [5.41, 5.74) is 0. The molecule has 0 radical (unpaired) electrons. The minimum Gasteiger partial charge on any atom is -0.566 e. The Morgan fingerprint density at radius 2 is 2.45 bits per heavy atom. The van der Waals surface area contributed by atoms with Gasteiger partial charge in [0.05, 0.1) is 0 Å². The Bertz CT molecular complexity index is 161. The van der Waals surface area contributed by atoms with Crippen molar-refractivity contribution in [1.82, 2.24) is 5.32 Å². The Morgan fingerprint density at radius 3 is 2.73 bits per heavy atom. The van der Waals surface area contributed by atoms with E-state index in [1.807, 2.05) is 0 Å². The summed E-state index contributed by atoms with van der Waals surface area (Å²) in [5.74, 6) is -1.15. The van der Waals surface area contributed by atoms with Crippen LogP contribution in [0.25, 0.3) is 0 Å². The first-order valence-corrected chi connectivity index (χ1v) is 3.85. The first-order valence-electron chi connectivity index (χ1n) is 2.75. The van der Waals surface area contributed by atoms with Crippen molar-refractivity contribution < 1.29 is 23.9 Å². The number of carbonyl (C=O) groups is 1. The molecule has 0 aromatic rings. The summed E-state index contributed by atoms with van der Waals surface area (Å²) in [6.07, 6.45) is 0. The normalized spacial score (nSPS) is 14.2. The van der Waals surface area contributed by atoms with Crippen LogP contribution in [-0.2, 0) is 13.9 Å². The molecule has 0 heterocycles. The van der Waals surface area contributed by atoms with Gasteiger partial charge in [-0.15, -0.1) is 4.52 Å². The fourth-order valence-electron chi connectivity index (χ4n) is 0.413. The second-order valence-corrected chi connectivity index (χ2v) is 2.40. The van der Waals surface area contributed by atoms with E-state index in [1.54, 1.807) is 0 Å². The fraction of sp³-hybridized carbons (Fsp3) is 0.750. The Balaban J connectivity index is 3.70. The number of carboxylic acid groups (broad SMARTS) is 1. The van der Waals surface area contributed by atoms with Crippen molar-refractivity contribution in [3.63, 3.8) is 0 Å². The van der Waals surface area contributed by atoms with Crippen LogP contribution < -0.4 is 10.2 Å². The molecule has 0 fully saturated rings. The van der Waals surface area contributed by atoms with Crippen LogP contribution in [0.1, 0.15) is 0 Å². The number of nitrogens with one attached hydrogen (secondary N) is 1. The molecule has 2 atom stereocenters. The van der Waals surface area contributed by atoms with E-state index < -0.39 is 20.3 Å². The average Bonchev–Trinajstić information content (AvgIpc) is 1.87. The molecule has 11 heavy (non-hydrogen) atoms. The van der Waals surface area contributed by atoms with Gasteiger partial charge in [-0.05, 0) is 11.6 Å². The predicted molar refractivity (Wildman–Crippen MR) is 34.0 cm³/mol. The van der Waals surface area contributed by atoms with E-state index in [0.717, 1.165) is 0 Å². The largest absolute Gasteiger partial charge is 0.566 e. The lowest BCUT2D eigenvalue weighted by atomic mass is 10.3. The summed E-state index contributed by atoms with van der Waals surface area (Å²) in [4.78, 5) is 20.0. The number of hydrogen-bond donors (Lipinski definition) is 2. The maximum absolute atomic E-state index is 10.2. The van der Waals surface area contributed by atoms with E-state index in [9.17, 15) is 14.3 Å². The van der Waals surface area contributed by atoms with Crippen LogP contribution in [0.15, 0.2) is 0 Å². The lowest BCUT2D eigenvalue weighted by Gasteiger charge is -2.05. The minimum absolute atomic E-state index is 0.384. The predicted octanol–water partition coefficient (Wildman–Crippen LogP) is -1.31. The summed E-state index contributed by atoms with van der Waals surface area (Å²) in [6.45, 7) is -0.384.